The van der Waals surface area contributed by atoms with Crippen LogP contribution in [0.15, 0.2) is 47.1 Å². The first kappa shape index (κ1) is 14.7. The van der Waals surface area contributed by atoms with Crippen molar-refractivity contribution < 1.29 is 14.7 Å². The number of benzene rings is 1. The highest BCUT2D eigenvalue weighted by molar-refractivity contribution is 9.10. The molecule has 0 fully saturated rings. The molecule has 1 N–H and O–H groups in total. The summed E-state index contributed by atoms with van der Waals surface area (Å²) in [5.74, 6) is -1.37. The van der Waals surface area contributed by atoms with Crippen LogP contribution in [-0.4, -0.2) is 32.9 Å². The molecule has 1 amide bonds. The summed E-state index contributed by atoms with van der Waals surface area (Å²) >= 11 is 3.27. The number of carboxylic acid groups (broad SMARTS) is 1. The number of hydrogen-bond donors (Lipinski definition) is 1. The molecule has 1 aromatic heterocycles. The van der Waals surface area contributed by atoms with Crippen LogP contribution in [0.25, 0.3) is 0 Å². The number of aliphatic carboxylic acids is 1. The number of carbonyl (C=O) groups excluding carboxylic acids is 1. The number of pyridine rings is 1. The van der Waals surface area contributed by atoms with Crippen molar-refractivity contribution in [1.82, 2.24) is 9.88 Å². The minimum Gasteiger partial charge on any atom is -0.480 e. The van der Waals surface area contributed by atoms with Crippen molar-refractivity contribution in [3.8, 4) is 0 Å². The summed E-state index contributed by atoms with van der Waals surface area (Å²) in [4.78, 5) is 29.6. The van der Waals surface area contributed by atoms with Crippen LogP contribution in [0.1, 0.15) is 21.6 Å². The Balaban J connectivity index is 1.95. The van der Waals surface area contributed by atoms with Crippen molar-refractivity contribution in [2.75, 3.05) is 0 Å². The lowest BCUT2D eigenvalue weighted by atomic mass is 9.93. The standard InChI is InChI=1S/C16H13BrN2O3/c17-12-5-6-13(18-8-12)15(20)19-9-11-4-2-1-3-10(11)7-14(19)16(21)22/h1-6,8,14H,7,9H2,(H,21,22)/t14-/m1/s1. The number of carboxylic acids is 1. The average Bonchev–Trinajstić information content (AvgIpc) is 2.53. The Morgan fingerprint density at radius 1 is 1.18 bits per heavy atom. The van der Waals surface area contributed by atoms with Crippen LogP contribution in [0, 0.1) is 0 Å². The molecule has 1 aromatic carbocycles. The molecule has 0 radical (unpaired) electrons. The van der Waals surface area contributed by atoms with Gasteiger partial charge in [-0.2, -0.15) is 0 Å². The van der Waals surface area contributed by atoms with E-state index in [1.54, 1.807) is 12.1 Å². The third kappa shape index (κ3) is 2.74. The van der Waals surface area contributed by atoms with Gasteiger partial charge in [-0.1, -0.05) is 24.3 Å². The Morgan fingerprint density at radius 3 is 2.55 bits per heavy atom. The molecule has 1 aliphatic rings. The van der Waals surface area contributed by atoms with Gasteiger partial charge in [0.15, 0.2) is 0 Å². The fraction of sp³-hybridized carbons (Fsp3) is 0.188. The van der Waals surface area contributed by atoms with E-state index in [4.69, 9.17) is 0 Å². The second kappa shape index (κ2) is 5.88. The number of rotatable bonds is 2. The van der Waals surface area contributed by atoms with E-state index in [1.165, 1.54) is 11.1 Å². The minimum atomic E-state index is -1.00. The first-order chi connectivity index (χ1) is 10.6. The van der Waals surface area contributed by atoms with Crippen molar-refractivity contribution in [1.29, 1.82) is 0 Å². The molecule has 0 saturated carbocycles. The lowest BCUT2D eigenvalue weighted by molar-refractivity contribution is -0.142. The van der Waals surface area contributed by atoms with E-state index in [1.807, 2.05) is 24.3 Å². The number of halogens is 1. The van der Waals surface area contributed by atoms with Gasteiger partial charge in [-0.25, -0.2) is 9.78 Å². The van der Waals surface area contributed by atoms with Crippen LogP contribution in [0.5, 0.6) is 0 Å². The van der Waals surface area contributed by atoms with Gasteiger partial charge in [0.2, 0.25) is 0 Å². The van der Waals surface area contributed by atoms with Crippen molar-refractivity contribution in [2.24, 2.45) is 0 Å². The maximum Gasteiger partial charge on any atom is 0.326 e. The molecule has 0 saturated heterocycles. The summed E-state index contributed by atoms with van der Waals surface area (Å²) in [6.45, 7) is 0.281. The Kier molecular flexibility index (Phi) is 3.94. The third-order valence-corrected chi connectivity index (χ3v) is 4.21. The predicted molar refractivity (Wildman–Crippen MR) is 83.4 cm³/mol. The van der Waals surface area contributed by atoms with E-state index in [9.17, 15) is 14.7 Å². The van der Waals surface area contributed by atoms with Crippen molar-refractivity contribution >= 4 is 27.8 Å². The zero-order chi connectivity index (χ0) is 15.7. The monoisotopic (exact) mass is 360 g/mol. The molecule has 6 heteroatoms. The Hall–Kier alpha value is -2.21. The van der Waals surface area contributed by atoms with E-state index >= 15 is 0 Å². The highest BCUT2D eigenvalue weighted by Crippen LogP contribution is 2.25. The van der Waals surface area contributed by atoms with Crippen LogP contribution >= 0.6 is 15.9 Å². The van der Waals surface area contributed by atoms with Crippen molar-refractivity contribution in [3.05, 3.63) is 63.9 Å². The van der Waals surface area contributed by atoms with E-state index in [0.717, 1.165) is 15.6 Å². The normalized spacial score (nSPS) is 17.0. The topological polar surface area (TPSA) is 70.5 Å². The van der Waals surface area contributed by atoms with Crippen LogP contribution < -0.4 is 0 Å². The molecule has 2 aromatic rings. The molecule has 3 rings (SSSR count). The number of aromatic nitrogens is 1. The maximum atomic E-state index is 12.6. The fourth-order valence-corrected chi connectivity index (χ4v) is 2.84. The number of fused-ring (bicyclic) bond motifs is 1. The molecule has 2 heterocycles. The van der Waals surface area contributed by atoms with Gasteiger partial charge in [0.25, 0.3) is 5.91 Å². The van der Waals surface area contributed by atoms with Gasteiger partial charge in [-0.3, -0.25) is 4.79 Å². The Morgan fingerprint density at radius 2 is 1.91 bits per heavy atom. The maximum absolute atomic E-state index is 12.6. The van der Waals surface area contributed by atoms with Crippen LogP contribution in [0.3, 0.4) is 0 Å². The first-order valence-electron chi connectivity index (χ1n) is 6.78. The third-order valence-electron chi connectivity index (χ3n) is 3.74. The molecule has 1 atom stereocenters. The molecule has 1 aliphatic heterocycles. The second-order valence-corrected chi connectivity index (χ2v) is 6.04. The molecule has 0 aliphatic carbocycles. The van der Waals surface area contributed by atoms with E-state index < -0.39 is 12.0 Å². The van der Waals surface area contributed by atoms with Gasteiger partial charge in [0.1, 0.15) is 11.7 Å². The SMILES string of the molecule is O=C(O)[C@H]1Cc2ccccc2CN1C(=O)c1ccc(Br)cn1. The summed E-state index contributed by atoms with van der Waals surface area (Å²) in [5.41, 5.74) is 2.20. The average molecular weight is 361 g/mol. The highest BCUT2D eigenvalue weighted by atomic mass is 79.9. The van der Waals surface area contributed by atoms with E-state index in [-0.39, 0.29) is 18.1 Å². The van der Waals surface area contributed by atoms with Gasteiger partial charge >= 0.3 is 5.97 Å². The summed E-state index contributed by atoms with van der Waals surface area (Å²) in [7, 11) is 0. The van der Waals surface area contributed by atoms with E-state index in [2.05, 4.69) is 20.9 Å². The molecular weight excluding hydrogens is 348 g/mol. The quantitative estimate of drug-likeness (QED) is 0.892. The molecule has 0 bridgehead atoms. The van der Waals surface area contributed by atoms with Gasteiger partial charge in [0.05, 0.1) is 0 Å². The fourth-order valence-electron chi connectivity index (χ4n) is 2.61. The molecule has 0 spiro atoms. The number of nitrogens with zero attached hydrogens (tertiary/aromatic N) is 2. The molecular formula is C16H13BrN2O3. The smallest absolute Gasteiger partial charge is 0.326 e. The van der Waals surface area contributed by atoms with Gasteiger partial charge in [-0.05, 0) is 39.2 Å². The molecule has 112 valence electrons. The summed E-state index contributed by atoms with van der Waals surface area (Å²) in [6.07, 6.45) is 1.84. The Labute approximate surface area is 135 Å². The molecule has 0 unspecified atom stereocenters. The summed E-state index contributed by atoms with van der Waals surface area (Å²) < 4.78 is 0.767. The number of amides is 1. The molecule has 22 heavy (non-hydrogen) atoms. The van der Waals surface area contributed by atoms with Gasteiger partial charge in [0, 0.05) is 23.6 Å². The van der Waals surface area contributed by atoms with E-state index in [0.29, 0.717) is 6.42 Å². The van der Waals surface area contributed by atoms with Crippen LogP contribution in [0.4, 0.5) is 0 Å². The van der Waals surface area contributed by atoms with Crippen LogP contribution in [-0.2, 0) is 17.8 Å². The zero-order valence-electron chi connectivity index (χ0n) is 11.6. The summed E-state index contributed by atoms with van der Waals surface area (Å²) in [5, 5.41) is 9.45. The van der Waals surface area contributed by atoms with Crippen molar-refractivity contribution in [3.63, 3.8) is 0 Å². The largest absolute Gasteiger partial charge is 0.480 e. The van der Waals surface area contributed by atoms with Crippen LogP contribution in [0.2, 0.25) is 0 Å². The van der Waals surface area contributed by atoms with Gasteiger partial charge in [-0.15, -0.1) is 0 Å². The van der Waals surface area contributed by atoms with Crippen molar-refractivity contribution in [2.45, 2.75) is 19.0 Å². The summed E-state index contributed by atoms with van der Waals surface area (Å²) in [6, 6.07) is 10.0. The lowest BCUT2D eigenvalue weighted by Crippen LogP contribution is -2.48. The van der Waals surface area contributed by atoms with Gasteiger partial charge < -0.3 is 10.0 Å². The minimum absolute atomic E-state index is 0.244. The molecule has 5 nitrogen and oxygen atoms in total. The first-order valence-corrected chi connectivity index (χ1v) is 7.57. The predicted octanol–water partition coefficient (Wildman–Crippen LogP) is 2.50. The second-order valence-electron chi connectivity index (χ2n) is 5.12. The number of hydrogen-bond acceptors (Lipinski definition) is 3. The zero-order valence-corrected chi connectivity index (χ0v) is 13.2. The lowest BCUT2D eigenvalue weighted by Gasteiger charge is -2.34. The Bertz CT molecular complexity index is 730. The number of carbonyl (C=O) groups is 2. The highest BCUT2D eigenvalue weighted by Gasteiger charge is 2.35.